The van der Waals surface area contributed by atoms with Crippen molar-refractivity contribution in [2.24, 2.45) is 11.3 Å². The third-order valence-electron chi connectivity index (χ3n) is 6.22. The van der Waals surface area contributed by atoms with Crippen molar-refractivity contribution in [3.8, 4) is 11.5 Å². The van der Waals surface area contributed by atoms with Crippen LogP contribution in [-0.4, -0.2) is 64.3 Å². The highest BCUT2D eigenvalue weighted by Gasteiger charge is 2.44. The second-order valence-corrected chi connectivity index (χ2v) is 9.08. The Morgan fingerprint density at radius 3 is 2.71 bits per heavy atom. The monoisotopic (exact) mass is 475 g/mol. The highest BCUT2D eigenvalue weighted by atomic mass is 16.5. The van der Waals surface area contributed by atoms with Crippen LogP contribution in [0.5, 0.6) is 11.5 Å². The van der Waals surface area contributed by atoms with Gasteiger partial charge in [-0.15, -0.1) is 0 Å². The quantitative estimate of drug-likeness (QED) is 0.554. The van der Waals surface area contributed by atoms with Gasteiger partial charge in [0.05, 0.1) is 19.1 Å². The summed E-state index contributed by atoms with van der Waals surface area (Å²) in [5, 5.41) is 9.02. The van der Waals surface area contributed by atoms with Crippen LogP contribution in [0.4, 0.5) is 0 Å². The Kier molecular flexibility index (Phi) is 9.56. The summed E-state index contributed by atoms with van der Waals surface area (Å²) >= 11 is 0. The number of benzene rings is 1. The lowest BCUT2D eigenvalue weighted by Crippen LogP contribution is -2.46. The molecule has 3 rings (SSSR count). The highest BCUT2D eigenvalue weighted by Crippen LogP contribution is 2.43. The number of esters is 1. The third-order valence-corrected chi connectivity index (χ3v) is 6.22. The van der Waals surface area contributed by atoms with Crippen molar-refractivity contribution < 1.29 is 28.6 Å². The first-order valence-corrected chi connectivity index (χ1v) is 12.2. The first kappa shape index (κ1) is 25.8. The molecule has 2 aliphatic rings. The van der Waals surface area contributed by atoms with E-state index in [0.29, 0.717) is 62.7 Å². The lowest BCUT2D eigenvalue weighted by atomic mass is 9.76. The zero-order chi connectivity index (χ0) is 24.4. The van der Waals surface area contributed by atoms with Crippen molar-refractivity contribution in [3.63, 3.8) is 0 Å². The van der Waals surface area contributed by atoms with Crippen molar-refractivity contribution in [1.29, 1.82) is 0 Å². The van der Waals surface area contributed by atoms with E-state index >= 15 is 0 Å². The van der Waals surface area contributed by atoms with Gasteiger partial charge in [-0.3, -0.25) is 14.4 Å². The smallest absolute Gasteiger partial charge is 0.314 e. The molecule has 1 atom stereocenters. The van der Waals surface area contributed by atoms with Crippen LogP contribution in [-0.2, 0) is 25.5 Å². The topological polar surface area (TPSA) is 115 Å². The van der Waals surface area contributed by atoms with Crippen molar-refractivity contribution in [2.75, 3.05) is 46.5 Å². The number of ether oxygens (including phenoxy) is 3. The summed E-state index contributed by atoms with van der Waals surface area (Å²) in [6.45, 7) is 3.87. The number of carbonyl (C=O) groups is 3. The molecule has 1 aliphatic heterocycles. The molecule has 1 aromatic carbocycles. The molecule has 0 spiro atoms. The lowest BCUT2D eigenvalue weighted by molar-refractivity contribution is -0.156. The van der Waals surface area contributed by atoms with Gasteiger partial charge in [-0.1, -0.05) is 18.9 Å². The molecule has 3 N–H and O–H groups in total. The van der Waals surface area contributed by atoms with Crippen molar-refractivity contribution in [3.05, 3.63) is 23.8 Å². The van der Waals surface area contributed by atoms with Gasteiger partial charge in [0, 0.05) is 26.1 Å². The number of rotatable bonds is 5. The predicted octanol–water partition coefficient (Wildman–Crippen LogP) is 1.58. The standard InChI is InChI=1S/C25H37N3O6/c1-3-33-24(31)25(14-18-6-7-18)15-19-8-9-20(32-2)21(13-19)34-16-23(30)27-12-11-26-10-4-5-22(29)28-17-25/h8-9,13,18,26H,3-7,10-12,14-17H2,1-2H3,(H,27,30)(H,28,29). The SMILES string of the molecule is CCOC(=O)C1(CC2CC2)CNC(=O)CCCNCCNC(=O)COc2cc(ccc2OC)C1. The van der Waals surface area contributed by atoms with Crippen LogP contribution < -0.4 is 25.4 Å². The first-order valence-electron chi connectivity index (χ1n) is 12.2. The fourth-order valence-corrected chi connectivity index (χ4v) is 4.27. The number of nitrogens with one attached hydrogen (secondary N) is 3. The summed E-state index contributed by atoms with van der Waals surface area (Å²) in [7, 11) is 1.54. The molecule has 2 bridgehead atoms. The molecule has 1 unspecified atom stereocenters. The maximum absolute atomic E-state index is 13.3. The van der Waals surface area contributed by atoms with Gasteiger partial charge >= 0.3 is 5.97 Å². The molecular weight excluding hydrogens is 438 g/mol. The van der Waals surface area contributed by atoms with Gasteiger partial charge in [-0.25, -0.2) is 0 Å². The average molecular weight is 476 g/mol. The van der Waals surface area contributed by atoms with Crippen LogP contribution in [0.1, 0.15) is 44.6 Å². The zero-order valence-electron chi connectivity index (χ0n) is 20.2. The van der Waals surface area contributed by atoms with Crippen LogP contribution in [0, 0.1) is 11.3 Å². The normalized spacial score (nSPS) is 22.9. The number of carbonyl (C=O) groups excluding carboxylic acids is 3. The van der Waals surface area contributed by atoms with E-state index in [2.05, 4.69) is 16.0 Å². The second kappa shape index (κ2) is 12.6. The van der Waals surface area contributed by atoms with E-state index in [9.17, 15) is 14.4 Å². The summed E-state index contributed by atoms with van der Waals surface area (Å²) in [5.74, 6) is 0.772. The van der Waals surface area contributed by atoms with Crippen LogP contribution in [0.15, 0.2) is 18.2 Å². The second-order valence-electron chi connectivity index (χ2n) is 9.08. The molecule has 34 heavy (non-hydrogen) atoms. The van der Waals surface area contributed by atoms with Gasteiger partial charge in [0.1, 0.15) is 0 Å². The zero-order valence-corrected chi connectivity index (χ0v) is 20.2. The molecule has 0 aromatic heterocycles. The summed E-state index contributed by atoms with van der Waals surface area (Å²) in [4.78, 5) is 38.0. The number of fused-ring (bicyclic) bond motifs is 2. The van der Waals surface area contributed by atoms with Crippen molar-refractivity contribution >= 4 is 17.8 Å². The van der Waals surface area contributed by atoms with Gasteiger partial charge in [0.25, 0.3) is 5.91 Å². The number of hydrogen-bond acceptors (Lipinski definition) is 7. The molecule has 0 saturated heterocycles. The van der Waals surface area contributed by atoms with E-state index in [-0.39, 0.29) is 37.5 Å². The maximum Gasteiger partial charge on any atom is 0.314 e. The minimum Gasteiger partial charge on any atom is -0.493 e. The largest absolute Gasteiger partial charge is 0.493 e. The minimum atomic E-state index is -0.875. The Balaban J connectivity index is 1.90. The van der Waals surface area contributed by atoms with Gasteiger partial charge in [0.2, 0.25) is 5.91 Å². The van der Waals surface area contributed by atoms with Crippen LogP contribution in [0.25, 0.3) is 0 Å². The Labute approximate surface area is 201 Å². The van der Waals surface area contributed by atoms with E-state index in [1.54, 1.807) is 19.1 Å². The third kappa shape index (κ3) is 7.62. The Bertz CT molecular complexity index is 857. The predicted molar refractivity (Wildman–Crippen MR) is 127 cm³/mol. The number of hydrogen-bond donors (Lipinski definition) is 3. The van der Waals surface area contributed by atoms with E-state index in [1.807, 2.05) is 6.07 Å². The van der Waals surface area contributed by atoms with Crippen LogP contribution in [0.3, 0.4) is 0 Å². The molecule has 1 saturated carbocycles. The van der Waals surface area contributed by atoms with Crippen molar-refractivity contribution in [1.82, 2.24) is 16.0 Å². The molecule has 9 heteroatoms. The Morgan fingerprint density at radius 2 is 1.97 bits per heavy atom. The molecule has 1 aromatic rings. The Hall–Kier alpha value is -2.81. The maximum atomic E-state index is 13.3. The van der Waals surface area contributed by atoms with Gasteiger partial charge in [0.15, 0.2) is 18.1 Å². The average Bonchev–Trinajstić information content (AvgIpc) is 3.64. The summed E-state index contributed by atoms with van der Waals surface area (Å²) in [6, 6.07) is 5.47. The minimum absolute atomic E-state index is 0.0838. The highest BCUT2D eigenvalue weighted by molar-refractivity contribution is 5.80. The summed E-state index contributed by atoms with van der Waals surface area (Å²) in [5.41, 5.74) is -0.0239. The molecule has 1 aliphatic carbocycles. The molecule has 9 nitrogen and oxygen atoms in total. The van der Waals surface area contributed by atoms with E-state index < -0.39 is 5.41 Å². The van der Waals surface area contributed by atoms with E-state index in [1.165, 1.54) is 7.11 Å². The van der Waals surface area contributed by atoms with Crippen LogP contribution in [0.2, 0.25) is 0 Å². The first-order chi connectivity index (χ1) is 16.5. The molecule has 0 radical (unpaired) electrons. The Morgan fingerprint density at radius 1 is 1.15 bits per heavy atom. The summed E-state index contributed by atoms with van der Waals surface area (Å²) in [6.07, 6.45) is 4.22. The summed E-state index contributed by atoms with van der Waals surface area (Å²) < 4.78 is 16.7. The fourth-order valence-electron chi connectivity index (χ4n) is 4.27. The molecular formula is C25H37N3O6. The van der Waals surface area contributed by atoms with Crippen molar-refractivity contribution in [2.45, 2.75) is 45.4 Å². The van der Waals surface area contributed by atoms with Gasteiger partial charge in [-0.2, -0.15) is 0 Å². The van der Waals surface area contributed by atoms with Gasteiger partial charge < -0.3 is 30.2 Å². The van der Waals surface area contributed by atoms with Gasteiger partial charge in [-0.05, 0) is 56.3 Å². The lowest BCUT2D eigenvalue weighted by Gasteiger charge is -2.32. The molecule has 188 valence electrons. The van der Waals surface area contributed by atoms with E-state index in [4.69, 9.17) is 14.2 Å². The number of amides is 2. The van der Waals surface area contributed by atoms with Crippen LogP contribution >= 0.6 is 0 Å². The fraction of sp³-hybridized carbons (Fsp3) is 0.640. The number of methoxy groups -OCH3 is 1. The molecule has 1 heterocycles. The molecule has 1 fully saturated rings. The molecule has 2 amide bonds. The van der Waals surface area contributed by atoms with E-state index in [0.717, 1.165) is 18.4 Å².